The fourth-order valence-corrected chi connectivity index (χ4v) is 2.94. The van der Waals surface area contributed by atoms with E-state index in [2.05, 4.69) is 4.98 Å². The Hall–Kier alpha value is -2.04. The average molecular weight is 259 g/mol. The molecule has 1 aromatic rings. The zero-order valence-electron chi connectivity index (χ0n) is 10.6. The Morgan fingerprint density at radius 3 is 3.05 bits per heavy atom. The van der Waals surface area contributed by atoms with Crippen LogP contribution in [0.1, 0.15) is 42.3 Å². The summed E-state index contributed by atoms with van der Waals surface area (Å²) in [6.45, 7) is 0.606. The number of hydrogen-bond acceptors (Lipinski definition) is 2. The molecule has 5 nitrogen and oxygen atoms in total. The summed E-state index contributed by atoms with van der Waals surface area (Å²) in [5.41, 5.74) is 3.67. The molecule has 1 aromatic heterocycles. The van der Waals surface area contributed by atoms with Crippen molar-refractivity contribution < 1.29 is 9.90 Å². The van der Waals surface area contributed by atoms with Crippen molar-refractivity contribution >= 4 is 17.9 Å². The number of carboxylic acid groups (broad SMARTS) is 1. The van der Waals surface area contributed by atoms with E-state index in [9.17, 15) is 9.90 Å². The normalized spacial score (nSPS) is 22.4. The number of carbonyl (C=O) groups is 1. The number of hydrogen-bond donors (Lipinski definition) is 3. The highest BCUT2D eigenvalue weighted by Gasteiger charge is 2.29. The summed E-state index contributed by atoms with van der Waals surface area (Å²) in [6, 6.07) is 1.96. The van der Waals surface area contributed by atoms with Crippen LogP contribution in [0.2, 0.25) is 0 Å². The van der Waals surface area contributed by atoms with Gasteiger partial charge in [-0.05, 0) is 43.0 Å². The number of piperidine rings is 1. The van der Waals surface area contributed by atoms with Gasteiger partial charge < -0.3 is 15.5 Å². The molecule has 0 saturated carbocycles. The molecule has 2 heterocycles. The third-order valence-electron chi connectivity index (χ3n) is 3.89. The number of aromatic nitrogens is 1. The standard InChI is InChI=1S/C14H17N3O2/c15-10-4-5-11-9(7-10)8-12(16-11)13-3-1-2-6-17(13)14(18)19/h4-5,8,13,15-16H,1-3,6-7H2,(H,18,19). The summed E-state index contributed by atoms with van der Waals surface area (Å²) in [5, 5.41) is 17.0. The Labute approximate surface area is 111 Å². The molecule has 0 spiro atoms. The van der Waals surface area contributed by atoms with Gasteiger partial charge in [0.2, 0.25) is 0 Å². The van der Waals surface area contributed by atoms with E-state index in [4.69, 9.17) is 5.41 Å². The van der Waals surface area contributed by atoms with Crippen molar-refractivity contribution in [1.82, 2.24) is 9.88 Å². The van der Waals surface area contributed by atoms with E-state index in [-0.39, 0.29) is 6.04 Å². The van der Waals surface area contributed by atoms with Crippen molar-refractivity contribution in [1.29, 1.82) is 5.41 Å². The highest BCUT2D eigenvalue weighted by molar-refractivity contribution is 6.00. The molecule has 1 fully saturated rings. The molecule has 100 valence electrons. The lowest BCUT2D eigenvalue weighted by Crippen LogP contribution is -2.37. The number of H-pyrrole nitrogens is 1. The third-order valence-corrected chi connectivity index (χ3v) is 3.89. The van der Waals surface area contributed by atoms with Crippen LogP contribution < -0.4 is 0 Å². The highest BCUT2D eigenvalue weighted by Crippen LogP contribution is 2.32. The highest BCUT2D eigenvalue weighted by atomic mass is 16.4. The van der Waals surface area contributed by atoms with Gasteiger partial charge in [-0.3, -0.25) is 4.90 Å². The smallest absolute Gasteiger partial charge is 0.407 e. The van der Waals surface area contributed by atoms with Crippen LogP contribution in [-0.4, -0.2) is 33.3 Å². The first kappa shape index (κ1) is 12.0. The van der Waals surface area contributed by atoms with E-state index in [1.165, 1.54) is 4.90 Å². The van der Waals surface area contributed by atoms with E-state index >= 15 is 0 Å². The maximum absolute atomic E-state index is 11.3. The van der Waals surface area contributed by atoms with Gasteiger partial charge in [0.05, 0.1) is 6.04 Å². The summed E-state index contributed by atoms with van der Waals surface area (Å²) in [4.78, 5) is 16.1. The van der Waals surface area contributed by atoms with E-state index in [1.54, 1.807) is 6.08 Å². The van der Waals surface area contributed by atoms with Gasteiger partial charge in [0.25, 0.3) is 0 Å². The van der Waals surface area contributed by atoms with Crippen LogP contribution >= 0.6 is 0 Å². The Kier molecular flexibility index (Phi) is 2.89. The SMILES string of the molecule is N=C1C=Cc2[nH]c(C3CCCCN3C(=O)O)cc2C1. The Bertz CT molecular complexity index is 559. The van der Waals surface area contributed by atoms with Crippen LogP contribution in [-0.2, 0) is 6.42 Å². The summed E-state index contributed by atoms with van der Waals surface area (Å²) in [6.07, 6.45) is 6.34. The fraction of sp³-hybridized carbons (Fsp3) is 0.429. The maximum Gasteiger partial charge on any atom is 0.407 e. The second kappa shape index (κ2) is 4.57. The van der Waals surface area contributed by atoms with Crippen molar-refractivity contribution in [3.05, 3.63) is 29.1 Å². The number of allylic oxidation sites excluding steroid dienone is 1. The minimum absolute atomic E-state index is 0.0700. The first-order valence-corrected chi connectivity index (χ1v) is 6.62. The lowest BCUT2D eigenvalue weighted by molar-refractivity contribution is 0.105. The lowest BCUT2D eigenvalue weighted by Gasteiger charge is -2.32. The molecule has 1 aliphatic heterocycles. The Morgan fingerprint density at radius 2 is 2.26 bits per heavy atom. The van der Waals surface area contributed by atoms with E-state index in [1.807, 2.05) is 12.1 Å². The summed E-state index contributed by atoms with van der Waals surface area (Å²) >= 11 is 0. The maximum atomic E-state index is 11.3. The molecule has 0 aromatic carbocycles. The first-order valence-electron chi connectivity index (χ1n) is 6.62. The zero-order chi connectivity index (χ0) is 13.4. The molecule has 3 rings (SSSR count). The fourth-order valence-electron chi connectivity index (χ4n) is 2.94. The first-order chi connectivity index (χ1) is 9.15. The van der Waals surface area contributed by atoms with Gasteiger partial charge >= 0.3 is 6.09 Å². The van der Waals surface area contributed by atoms with Gasteiger partial charge in [-0.25, -0.2) is 4.79 Å². The molecule has 3 N–H and O–H groups in total. The van der Waals surface area contributed by atoms with Crippen molar-refractivity contribution in [2.75, 3.05) is 6.54 Å². The van der Waals surface area contributed by atoms with Gasteiger partial charge in [0.15, 0.2) is 0 Å². The Balaban J connectivity index is 1.91. The molecule has 1 saturated heterocycles. The van der Waals surface area contributed by atoms with Crippen LogP contribution in [0.4, 0.5) is 4.79 Å². The quantitative estimate of drug-likeness (QED) is 0.725. The molecular weight excluding hydrogens is 242 g/mol. The van der Waals surface area contributed by atoms with E-state index in [0.29, 0.717) is 18.7 Å². The molecule has 2 aliphatic rings. The summed E-state index contributed by atoms with van der Waals surface area (Å²) in [7, 11) is 0. The number of nitrogens with one attached hydrogen (secondary N) is 2. The molecule has 1 unspecified atom stereocenters. The second-order valence-electron chi connectivity index (χ2n) is 5.19. The minimum Gasteiger partial charge on any atom is -0.465 e. The number of likely N-dealkylation sites (tertiary alicyclic amines) is 1. The van der Waals surface area contributed by atoms with Crippen LogP contribution in [0.5, 0.6) is 0 Å². The predicted octanol–water partition coefficient (Wildman–Crippen LogP) is 2.81. The number of nitrogens with zero attached hydrogens (tertiary/aromatic N) is 1. The largest absolute Gasteiger partial charge is 0.465 e. The third kappa shape index (κ3) is 2.16. The van der Waals surface area contributed by atoms with Crippen molar-refractivity contribution in [2.45, 2.75) is 31.7 Å². The topological polar surface area (TPSA) is 80.2 Å². The lowest BCUT2D eigenvalue weighted by atomic mass is 9.98. The molecule has 5 heteroatoms. The average Bonchev–Trinajstić information content (AvgIpc) is 2.81. The minimum atomic E-state index is -0.847. The van der Waals surface area contributed by atoms with Crippen molar-refractivity contribution in [3.63, 3.8) is 0 Å². The van der Waals surface area contributed by atoms with Crippen LogP contribution in [0, 0.1) is 5.41 Å². The van der Waals surface area contributed by atoms with Crippen LogP contribution in [0.25, 0.3) is 6.08 Å². The van der Waals surface area contributed by atoms with Gasteiger partial charge in [-0.1, -0.05) is 0 Å². The number of fused-ring (bicyclic) bond motifs is 1. The molecular formula is C14H17N3O2. The van der Waals surface area contributed by atoms with Gasteiger partial charge in [0.1, 0.15) is 0 Å². The number of amides is 1. The van der Waals surface area contributed by atoms with Gasteiger partial charge in [-0.2, -0.15) is 0 Å². The molecule has 1 amide bonds. The monoisotopic (exact) mass is 259 g/mol. The predicted molar refractivity (Wildman–Crippen MR) is 72.6 cm³/mol. The Morgan fingerprint density at radius 1 is 1.42 bits per heavy atom. The van der Waals surface area contributed by atoms with Crippen LogP contribution in [0.15, 0.2) is 12.1 Å². The molecule has 1 atom stereocenters. The zero-order valence-corrected chi connectivity index (χ0v) is 10.6. The van der Waals surface area contributed by atoms with Crippen molar-refractivity contribution in [3.8, 4) is 0 Å². The van der Waals surface area contributed by atoms with Gasteiger partial charge in [0, 0.05) is 30.1 Å². The number of aromatic amines is 1. The summed E-state index contributed by atoms with van der Waals surface area (Å²) < 4.78 is 0. The van der Waals surface area contributed by atoms with E-state index < -0.39 is 6.09 Å². The van der Waals surface area contributed by atoms with E-state index in [0.717, 1.165) is 36.2 Å². The number of rotatable bonds is 1. The van der Waals surface area contributed by atoms with Gasteiger partial charge in [-0.15, -0.1) is 0 Å². The second-order valence-corrected chi connectivity index (χ2v) is 5.19. The molecule has 0 radical (unpaired) electrons. The molecule has 1 aliphatic carbocycles. The van der Waals surface area contributed by atoms with Crippen molar-refractivity contribution in [2.24, 2.45) is 0 Å². The molecule has 19 heavy (non-hydrogen) atoms. The summed E-state index contributed by atoms with van der Waals surface area (Å²) in [5.74, 6) is 0. The van der Waals surface area contributed by atoms with Crippen LogP contribution in [0.3, 0.4) is 0 Å². The molecule has 0 bridgehead atoms.